The van der Waals surface area contributed by atoms with Crippen molar-refractivity contribution in [2.45, 2.75) is 32.9 Å². The lowest BCUT2D eigenvalue weighted by molar-refractivity contribution is -0.0232. The summed E-state index contributed by atoms with van der Waals surface area (Å²) in [5.74, 6) is 0. The van der Waals surface area contributed by atoms with Crippen molar-refractivity contribution in [2.75, 3.05) is 6.61 Å². The number of aromatic nitrogens is 3. The van der Waals surface area contributed by atoms with Crippen LogP contribution in [0.1, 0.15) is 20.8 Å². The van der Waals surface area contributed by atoms with Crippen molar-refractivity contribution in [2.24, 2.45) is 0 Å². The van der Waals surface area contributed by atoms with E-state index in [1.54, 1.807) is 0 Å². The first kappa shape index (κ1) is 11.2. The molecule has 0 aromatic carbocycles. The number of H-pyrrole nitrogens is 2. The Morgan fingerprint density at radius 2 is 2.14 bits per heavy atom. The maximum Gasteiger partial charge on any atom is 0.342 e. The van der Waals surface area contributed by atoms with Crippen LogP contribution in [-0.4, -0.2) is 27.0 Å². The van der Waals surface area contributed by atoms with Gasteiger partial charge in [-0.25, -0.2) is 9.89 Å². The average molecular weight is 217 g/mol. The van der Waals surface area contributed by atoms with Crippen LogP contribution in [0.4, 0.5) is 0 Å². The van der Waals surface area contributed by atoms with Crippen LogP contribution in [0.5, 0.6) is 0 Å². The molecule has 0 saturated heterocycles. The van der Waals surface area contributed by atoms with Gasteiger partial charge < -0.3 is 4.74 Å². The van der Waals surface area contributed by atoms with E-state index in [2.05, 4.69) is 10.2 Å². The number of nitrogens with zero attached hydrogens (tertiary/aromatic N) is 1. The summed E-state index contributed by atoms with van der Waals surface area (Å²) in [5.41, 5.74) is -0.620. The van der Waals surface area contributed by atoms with Crippen molar-refractivity contribution in [3.8, 4) is 0 Å². The molecule has 1 aromatic heterocycles. The molecule has 0 aliphatic rings. The Morgan fingerprint density at radius 3 is 2.57 bits per heavy atom. The van der Waals surface area contributed by atoms with E-state index in [1.165, 1.54) is 4.57 Å². The van der Waals surface area contributed by atoms with Gasteiger partial charge in [-0.3, -0.25) is 9.67 Å². The van der Waals surface area contributed by atoms with Crippen LogP contribution in [-0.2, 0) is 11.3 Å². The molecule has 0 atom stereocenters. The molecule has 0 spiro atoms. The SMILES string of the molecule is CCOC(C)(C)Cn1c(=O)[nH][nH]c1=S. The number of ether oxygens (including phenoxy) is 1. The molecule has 0 fully saturated rings. The third kappa shape index (κ3) is 2.55. The standard InChI is InChI=1S/C8H15N3O2S/c1-4-13-8(2,3)5-11-6(12)9-10-7(11)14/h4-5H2,1-3H3,(H,9,12)(H,10,14). The summed E-state index contributed by atoms with van der Waals surface area (Å²) in [4.78, 5) is 11.3. The van der Waals surface area contributed by atoms with Crippen LogP contribution in [0.15, 0.2) is 4.79 Å². The van der Waals surface area contributed by atoms with Crippen LogP contribution in [0, 0.1) is 4.77 Å². The van der Waals surface area contributed by atoms with E-state index < -0.39 is 0 Å². The fourth-order valence-corrected chi connectivity index (χ4v) is 1.49. The quantitative estimate of drug-likeness (QED) is 0.741. The minimum absolute atomic E-state index is 0.234. The Balaban J connectivity index is 2.88. The number of aromatic amines is 2. The molecule has 0 unspecified atom stereocenters. The van der Waals surface area contributed by atoms with E-state index in [9.17, 15) is 4.79 Å². The fourth-order valence-electron chi connectivity index (χ4n) is 1.29. The van der Waals surface area contributed by atoms with E-state index in [4.69, 9.17) is 17.0 Å². The number of hydrogen-bond acceptors (Lipinski definition) is 3. The van der Waals surface area contributed by atoms with Gasteiger partial charge in [0.2, 0.25) is 0 Å². The van der Waals surface area contributed by atoms with Crippen LogP contribution in [0.2, 0.25) is 0 Å². The smallest absolute Gasteiger partial charge is 0.342 e. The maximum absolute atomic E-state index is 11.3. The van der Waals surface area contributed by atoms with Crippen molar-refractivity contribution >= 4 is 12.2 Å². The summed E-state index contributed by atoms with van der Waals surface area (Å²) in [6.07, 6.45) is 0. The number of nitrogens with one attached hydrogen (secondary N) is 2. The van der Waals surface area contributed by atoms with Crippen LogP contribution >= 0.6 is 12.2 Å². The third-order valence-electron chi connectivity index (χ3n) is 1.84. The summed E-state index contributed by atoms with van der Waals surface area (Å²) in [6.45, 7) is 6.82. The Hall–Kier alpha value is -0.880. The van der Waals surface area contributed by atoms with Crippen molar-refractivity contribution < 1.29 is 4.74 Å². The van der Waals surface area contributed by atoms with Crippen molar-refractivity contribution in [3.63, 3.8) is 0 Å². The third-order valence-corrected chi connectivity index (χ3v) is 2.16. The molecule has 5 nitrogen and oxygen atoms in total. The van der Waals surface area contributed by atoms with E-state index in [0.717, 1.165) is 0 Å². The Bertz CT molecular complexity index is 374. The van der Waals surface area contributed by atoms with E-state index in [-0.39, 0.29) is 11.3 Å². The van der Waals surface area contributed by atoms with Gasteiger partial charge in [0.15, 0.2) is 4.77 Å². The molecule has 0 saturated carbocycles. The highest BCUT2D eigenvalue weighted by Gasteiger charge is 2.19. The Morgan fingerprint density at radius 1 is 1.50 bits per heavy atom. The summed E-state index contributed by atoms with van der Waals surface area (Å²) < 4.78 is 7.32. The highest BCUT2D eigenvalue weighted by Crippen LogP contribution is 2.10. The molecule has 80 valence electrons. The topological polar surface area (TPSA) is 62.8 Å². The second kappa shape index (κ2) is 4.10. The average Bonchev–Trinajstić information content (AvgIpc) is 2.35. The second-order valence-electron chi connectivity index (χ2n) is 3.64. The van der Waals surface area contributed by atoms with Gasteiger partial charge in [0.1, 0.15) is 0 Å². The van der Waals surface area contributed by atoms with Crippen LogP contribution < -0.4 is 5.69 Å². The minimum atomic E-state index is -0.387. The molecule has 0 aliphatic carbocycles. The highest BCUT2D eigenvalue weighted by molar-refractivity contribution is 7.71. The maximum atomic E-state index is 11.3. The van der Waals surface area contributed by atoms with Gasteiger partial charge in [0, 0.05) is 6.61 Å². The fraction of sp³-hybridized carbons (Fsp3) is 0.750. The van der Waals surface area contributed by atoms with Gasteiger partial charge in [-0.2, -0.15) is 0 Å². The molecular weight excluding hydrogens is 202 g/mol. The molecule has 1 rings (SSSR count). The lowest BCUT2D eigenvalue weighted by Crippen LogP contribution is -2.34. The molecule has 0 bridgehead atoms. The van der Waals surface area contributed by atoms with E-state index in [1.807, 2.05) is 20.8 Å². The van der Waals surface area contributed by atoms with Crippen molar-refractivity contribution in [1.29, 1.82) is 0 Å². The number of hydrogen-bond donors (Lipinski definition) is 2. The monoisotopic (exact) mass is 217 g/mol. The summed E-state index contributed by atoms with van der Waals surface area (Å²) in [5, 5.41) is 5.01. The normalized spacial score (nSPS) is 11.9. The zero-order valence-electron chi connectivity index (χ0n) is 8.59. The lowest BCUT2D eigenvalue weighted by atomic mass is 10.1. The zero-order chi connectivity index (χ0) is 10.8. The zero-order valence-corrected chi connectivity index (χ0v) is 9.40. The van der Waals surface area contributed by atoms with E-state index >= 15 is 0 Å². The molecule has 1 heterocycles. The lowest BCUT2D eigenvalue weighted by Gasteiger charge is -2.24. The first-order chi connectivity index (χ1) is 6.46. The number of rotatable bonds is 4. The predicted octanol–water partition coefficient (Wildman–Crippen LogP) is 1.05. The molecule has 2 N–H and O–H groups in total. The van der Waals surface area contributed by atoms with Gasteiger partial charge in [-0.15, -0.1) is 0 Å². The van der Waals surface area contributed by atoms with E-state index in [0.29, 0.717) is 17.9 Å². The second-order valence-corrected chi connectivity index (χ2v) is 4.03. The molecule has 0 amide bonds. The first-order valence-electron chi connectivity index (χ1n) is 4.48. The van der Waals surface area contributed by atoms with Crippen molar-refractivity contribution in [1.82, 2.24) is 14.8 Å². The molecule has 0 radical (unpaired) electrons. The van der Waals surface area contributed by atoms with Crippen LogP contribution in [0.25, 0.3) is 0 Å². The van der Waals surface area contributed by atoms with Gasteiger partial charge in [-0.05, 0) is 33.0 Å². The molecule has 14 heavy (non-hydrogen) atoms. The highest BCUT2D eigenvalue weighted by atomic mass is 32.1. The van der Waals surface area contributed by atoms with Crippen molar-refractivity contribution in [3.05, 3.63) is 15.3 Å². The first-order valence-corrected chi connectivity index (χ1v) is 4.88. The molecular formula is C8H15N3O2S. The molecule has 0 aliphatic heterocycles. The summed E-state index contributed by atoms with van der Waals surface area (Å²) in [6, 6.07) is 0. The van der Waals surface area contributed by atoms with Gasteiger partial charge in [-0.1, -0.05) is 0 Å². The van der Waals surface area contributed by atoms with Gasteiger partial charge >= 0.3 is 5.69 Å². The summed E-state index contributed by atoms with van der Waals surface area (Å²) >= 11 is 4.95. The molecule has 6 heteroatoms. The Labute approximate surface area is 87.1 Å². The van der Waals surface area contributed by atoms with Gasteiger partial charge in [0.25, 0.3) is 0 Å². The van der Waals surface area contributed by atoms with Gasteiger partial charge in [0.05, 0.1) is 12.1 Å². The van der Waals surface area contributed by atoms with Crippen LogP contribution in [0.3, 0.4) is 0 Å². The summed E-state index contributed by atoms with van der Waals surface area (Å²) in [7, 11) is 0. The Kier molecular flexibility index (Phi) is 3.28. The largest absolute Gasteiger partial charge is 0.374 e. The predicted molar refractivity (Wildman–Crippen MR) is 55.9 cm³/mol. The minimum Gasteiger partial charge on any atom is -0.374 e. The molecule has 1 aromatic rings.